The van der Waals surface area contributed by atoms with Crippen molar-refractivity contribution in [2.75, 3.05) is 6.61 Å². The summed E-state index contributed by atoms with van der Waals surface area (Å²) in [7, 11) is 0. The van der Waals surface area contributed by atoms with Crippen molar-refractivity contribution < 1.29 is 14.3 Å². The molecule has 0 radical (unpaired) electrons. The number of ether oxygens (including phenoxy) is 2. The molecule has 3 heteroatoms. The lowest BCUT2D eigenvalue weighted by Gasteiger charge is -2.06. The van der Waals surface area contributed by atoms with Gasteiger partial charge in [0.25, 0.3) is 0 Å². The van der Waals surface area contributed by atoms with E-state index in [0.29, 0.717) is 12.2 Å². The van der Waals surface area contributed by atoms with Crippen LogP contribution in [0, 0.1) is 0 Å². The predicted molar refractivity (Wildman–Crippen MR) is 65.1 cm³/mol. The zero-order valence-electron chi connectivity index (χ0n) is 9.63. The van der Waals surface area contributed by atoms with E-state index >= 15 is 0 Å². The second-order valence-electron chi connectivity index (χ2n) is 3.77. The summed E-state index contributed by atoms with van der Waals surface area (Å²) in [5.41, 5.74) is 1.72. The molecule has 0 saturated carbocycles. The lowest BCUT2D eigenvalue weighted by molar-refractivity contribution is -0.157. The third-order valence-electron chi connectivity index (χ3n) is 2.40. The van der Waals surface area contributed by atoms with Crippen LogP contribution in [-0.4, -0.2) is 18.9 Å². The quantitative estimate of drug-likeness (QED) is 0.746. The van der Waals surface area contributed by atoms with Gasteiger partial charge in [0, 0.05) is 5.57 Å². The van der Waals surface area contributed by atoms with E-state index < -0.39 is 6.29 Å². The van der Waals surface area contributed by atoms with Crippen LogP contribution in [-0.2, 0) is 14.3 Å². The first kappa shape index (κ1) is 11.6. The predicted octanol–water partition coefficient (Wildman–Crippen LogP) is 2.55. The SMILES string of the molecule is CC1=CC(OC/C=C/c2ccccc2)OC1=O. The van der Waals surface area contributed by atoms with Crippen molar-refractivity contribution in [1.82, 2.24) is 0 Å². The number of hydrogen-bond acceptors (Lipinski definition) is 3. The van der Waals surface area contributed by atoms with Crippen LogP contribution in [0.5, 0.6) is 0 Å². The Bertz CT molecular complexity index is 446. The molecule has 1 aliphatic rings. The molecule has 0 bridgehead atoms. The fraction of sp³-hybridized carbons (Fsp3) is 0.214. The summed E-state index contributed by atoms with van der Waals surface area (Å²) in [5, 5.41) is 0. The summed E-state index contributed by atoms with van der Waals surface area (Å²) in [4.78, 5) is 11.1. The van der Waals surface area contributed by atoms with Crippen LogP contribution in [0.3, 0.4) is 0 Å². The summed E-state index contributed by atoms with van der Waals surface area (Å²) in [6.07, 6.45) is 5.00. The van der Waals surface area contributed by atoms with Crippen molar-refractivity contribution in [2.45, 2.75) is 13.2 Å². The highest BCUT2D eigenvalue weighted by molar-refractivity contribution is 5.89. The highest BCUT2D eigenvalue weighted by atomic mass is 16.7. The van der Waals surface area contributed by atoms with Gasteiger partial charge in [-0.3, -0.25) is 0 Å². The molecular formula is C14H14O3. The van der Waals surface area contributed by atoms with Crippen LogP contribution in [0.4, 0.5) is 0 Å². The molecule has 1 heterocycles. The number of rotatable bonds is 4. The van der Waals surface area contributed by atoms with Crippen molar-refractivity contribution in [2.24, 2.45) is 0 Å². The smallest absolute Gasteiger partial charge is 0.336 e. The fourth-order valence-corrected chi connectivity index (χ4v) is 1.49. The Morgan fingerprint density at radius 1 is 1.35 bits per heavy atom. The van der Waals surface area contributed by atoms with E-state index in [1.807, 2.05) is 42.5 Å². The molecule has 17 heavy (non-hydrogen) atoms. The lowest BCUT2D eigenvalue weighted by atomic mass is 10.2. The molecule has 1 aromatic carbocycles. The van der Waals surface area contributed by atoms with E-state index in [-0.39, 0.29) is 5.97 Å². The van der Waals surface area contributed by atoms with Gasteiger partial charge < -0.3 is 9.47 Å². The molecule has 0 fully saturated rings. The first-order valence-electron chi connectivity index (χ1n) is 5.48. The van der Waals surface area contributed by atoms with Gasteiger partial charge in [-0.2, -0.15) is 0 Å². The summed E-state index contributed by atoms with van der Waals surface area (Å²) in [6, 6.07) is 9.95. The molecule has 0 saturated heterocycles. The molecule has 1 aromatic rings. The molecule has 88 valence electrons. The maximum atomic E-state index is 11.1. The van der Waals surface area contributed by atoms with Gasteiger partial charge >= 0.3 is 5.97 Å². The molecular weight excluding hydrogens is 216 g/mol. The maximum Gasteiger partial charge on any atom is 0.336 e. The number of carbonyl (C=O) groups is 1. The van der Waals surface area contributed by atoms with Gasteiger partial charge in [-0.15, -0.1) is 0 Å². The Morgan fingerprint density at radius 3 is 2.76 bits per heavy atom. The van der Waals surface area contributed by atoms with Crippen LogP contribution < -0.4 is 0 Å². The van der Waals surface area contributed by atoms with Crippen LogP contribution >= 0.6 is 0 Å². The molecule has 0 amide bonds. The van der Waals surface area contributed by atoms with E-state index in [0.717, 1.165) is 5.56 Å². The molecule has 2 rings (SSSR count). The second kappa shape index (κ2) is 5.46. The monoisotopic (exact) mass is 230 g/mol. The number of benzene rings is 1. The van der Waals surface area contributed by atoms with Gasteiger partial charge in [0.1, 0.15) is 0 Å². The van der Waals surface area contributed by atoms with Crippen molar-refractivity contribution in [3.05, 3.63) is 53.6 Å². The standard InChI is InChI=1S/C14H14O3/c1-11-10-13(17-14(11)15)16-9-5-8-12-6-3-2-4-7-12/h2-8,10,13H,9H2,1H3/b8-5+. The summed E-state index contributed by atoms with van der Waals surface area (Å²) < 4.78 is 10.3. The summed E-state index contributed by atoms with van der Waals surface area (Å²) >= 11 is 0. The Hall–Kier alpha value is -1.87. The van der Waals surface area contributed by atoms with E-state index in [1.165, 1.54) is 0 Å². The molecule has 0 N–H and O–H groups in total. The van der Waals surface area contributed by atoms with Crippen molar-refractivity contribution >= 4 is 12.0 Å². The van der Waals surface area contributed by atoms with Crippen LogP contribution in [0.25, 0.3) is 6.08 Å². The third kappa shape index (κ3) is 3.29. The molecule has 0 aliphatic carbocycles. The van der Waals surface area contributed by atoms with E-state index in [1.54, 1.807) is 13.0 Å². The first-order chi connectivity index (χ1) is 8.25. The minimum Gasteiger partial charge on any atom is -0.429 e. The van der Waals surface area contributed by atoms with Gasteiger partial charge in [0.15, 0.2) is 0 Å². The van der Waals surface area contributed by atoms with E-state index in [4.69, 9.17) is 9.47 Å². The Morgan fingerprint density at radius 2 is 2.12 bits per heavy atom. The van der Waals surface area contributed by atoms with Crippen LogP contribution in [0.2, 0.25) is 0 Å². The number of cyclic esters (lactones) is 1. The highest BCUT2D eigenvalue weighted by Crippen LogP contribution is 2.13. The van der Waals surface area contributed by atoms with Gasteiger partial charge in [0.2, 0.25) is 6.29 Å². The molecule has 1 aliphatic heterocycles. The van der Waals surface area contributed by atoms with Gasteiger partial charge in [0.05, 0.1) is 6.61 Å². The fourth-order valence-electron chi connectivity index (χ4n) is 1.49. The Labute approximate surface area is 100 Å². The second-order valence-corrected chi connectivity index (χ2v) is 3.77. The maximum absolute atomic E-state index is 11.1. The lowest BCUT2D eigenvalue weighted by Crippen LogP contribution is -2.12. The minimum absolute atomic E-state index is 0.304. The molecule has 1 atom stereocenters. The van der Waals surface area contributed by atoms with Crippen LogP contribution in [0.15, 0.2) is 48.1 Å². The normalized spacial score (nSPS) is 19.5. The molecule has 3 nitrogen and oxygen atoms in total. The molecule has 0 aromatic heterocycles. The summed E-state index contributed by atoms with van der Waals surface area (Å²) in [6.45, 7) is 2.13. The first-order valence-corrected chi connectivity index (χ1v) is 5.48. The van der Waals surface area contributed by atoms with Crippen molar-refractivity contribution in [1.29, 1.82) is 0 Å². The third-order valence-corrected chi connectivity index (χ3v) is 2.40. The minimum atomic E-state index is -0.539. The zero-order chi connectivity index (χ0) is 12.1. The van der Waals surface area contributed by atoms with E-state index in [9.17, 15) is 4.79 Å². The zero-order valence-corrected chi connectivity index (χ0v) is 9.63. The van der Waals surface area contributed by atoms with Crippen molar-refractivity contribution in [3.8, 4) is 0 Å². The highest BCUT2D eigenvalue weighted by Gasteiger charge is 2.21. The molecule has 1 unspecified atom stereocenters. The van der Waals surface area contributed by atoms with Gasteiger partial charge in [-0.1, -0.05) is 42.5 Å². The average Bonchev–Trinajstić information content (AvgIpc) is 2.66. The largest absolute Gasteiger partial charge is 0.429 e. The Balaban J connectivity index is 1.77. The number of hydrogen-bond donors (Lipinski definition) is 0. The summed E-state index contributed by atoms with van der Waals surface area (Å²) in [5.74, 6) is -0.304. The van der Waals surface area contributed by atoms with E-state index in [2.05, 4.69) is 0 Å². The van der Waals surface area contributed by atoms with Gasteiger partial charge in [-0.25, -0.2) is 4.79 Å². The number of carbonyl (C=O) groups excluding carboxylic acids is 1. The Kier molecular flexibility index (Phi) is 3.73. The van der Waals surface area contributed by atoms with Crippen LogP contribution in [0.1, 0.15) is 12.5 Å². The topological polar surface area (TPSA) is 35.5 Å². The van der Waals surface area contributed by atoms with Crippen molar-refractivity contribution in [3.63, 3.8) is 0 Å². The molecule has 0 spiro atoms. The van der Waals surface area contributed by atoms with Gasteiger partial charge in [-0.05, 0) is 18.6 Å². The number of esters is 1. The average molecular weight is 230 g/mol.